The Morgan fingerprint density at radius 3 is 2.16 bits per heavy atom. The average Bonchev–Trinajstić information content (AvgIpc) is 3.65. The molecule has 7 aromatic rings. The number of fused-ring (bicyclic) bond motifs is 3. The second-order valence-corrected chi connectivity index (χ2v) is 15.9. The number of rotatable bonds is 9. The summed E-state index contributed by atoms with van der Waals surface area (Å²) in [5, 5.41) is 7.65. The molecular weight excluding hydrogens is 625 g/mol. The first-order valence-electron chi connectivity index (χ1n) is 18.4. The summed E-state index contributed by atoms with van der Waals surface area (Å²) >= 11 is 0. The van der Waals surface area contributed by atoms with Gasteiger partial charge in [-0.25, -0.2) is 9.67 Å². The number of nitrogens with zero attached hydrogens (tertiary/aromatic N) is 4. The first-order chi connectivity index (χ1) is 24.4. The van der Waals surface area contributed by atoms with Crippen LogP contribution < -0.4 is 4.74 Å². The molecule has 4 aromatic carbocycles. The zero-order chi connectivity index (χ0) is 36.0. The fourth-order valence-electron chi connectivity index (χ4n) is 7.26. The molecule has 0 aliphatic rings. The predicted octanol–water partition coefficient (Wildman–Crippen LogP) is 12.6. The molecule has 3 aromatic heterocycles. The topological polar surface area (TPSA) is 44.9 Å². The third-order valence-electron chi connectivity index (χ3n) is 9.69. The van der Waals surface area contributed by atoms with E-state index in [0.29, 0.717) is 5.92 Å². The van der Waals surface area contributed by atoms with E-state index in [4.69, 9.17) is 14.8 Å². The third-order valence-corrected chi connectivity index (χ3v) is 9.69. The SMILES string of the molecule is CC(C)Cc1ccc2c(c1)c1ccc(Oc3cccc(-n4nc(C(C)C)c(-c5ccccc5)c4C(C)C)c3)cc1n2-c1cc(C(C)(C)C)ccn1. The van der Waals surface area contributed by atoms with E-state index in [1.54, 1.807) is 0 Å². The third kappa shape index (κ3) is 6.70. The number of pyridine rings is 1. The summed E-state index contributed by atoms with van der Waals surface area (Å²) in [4.78, 5) is 4.90. The summed E-state index contributed by atoms with van der Waals surface area (Å²) in [6, 6.07) is 36.6. The van der Waals surface area contributed by atoms with Crippen LogP contribution in [0, 0.1) is 5.92 Å². The predicted molar refractivity (Wildman–Crippen MR) is 213 cm³/mol. The fourth-order valence-corrected chi connectivity index (χ4v) is 7.26. The van der Waals surface area contributed by atoms with Crippen molar-refractivity contribution in [2.45, 2.75) is 86.0 Å². The van der Waals surface area contributed by atoms with Gasteiger partial charge in [-0.3, -0.25) is 4.57 Å². The molecule has 0 bridgehead atoms. The molecular formula is C46H50N4O. The van der Waals surface area contributed by atoms with Gasteiger partial charge in [-0.1, -0.05) is 105 Å². The Bertz CT molecular complexity index is 2330. The maximum atomic E-state index is 6.68. The van der Waals surface area contributed by atoms with Gasteiger partial charge in [0.2, 0.25) is 0 Å². The first kappa shape index (κ1) is 34.3. The summed E-state index contributed by atoms with van der Waals surface area (Å²) in [6.45, 7) is 20.2. The van der Waals surface area contributed by atoms with Gasteiger partial charge in [0, 0.05) is 34.7 Å². The standard InChI is InChI=1S/C46H50N4O/c1-29(2)24-32-18-21-40-39(25-32)38-20-19-37(28-41(38)49(40)42-26-34(22-23-47-42)46(7,8)9)51-36-17-13-16-35(27-36)50-45(31(5)6)43(44(48-50)30(3)4)33-14-11-10-12-15-33/h10-23,25-31H,24H2,1-9H3. The van der Waals surface area contributed by atoms with Crippen LogP contribution in [-0.2, 0) is 11.8 Å². The number of hydrogen-bond donors (Lipinski definition) is 0. The molecule has 260 valence electrons. The number of benzene rings is 4. The van der Waals surface area contributed by atoms with Crippen LogP contribution in [-0.4, -0.2) is 19.3 Å². The van der Waals surface area contributed by atoms with Crippen molar-refractivity contribution in [2.24, 2.45) is 5.92 Å². The Balaban J connectivity index is 1.34. The van der Waals surface area contributed by atoms with Gasteiger partial charge in [0.15, 0.2) is 0 Å². The monoisotopic (exact) mass is 674 g/mol. The summed E-state index contributed by atoms with van der Waals surface area (Å²) in [6.07, 6.45) is 2.97. The van der Waals surface area contributed by atoms with Gasteiger partial charge in [-0.2, -0.15) is 5.10 Å². The largest absolute Gasteiger partial charge is 0.457 e. The first-order valence-corrected chi connectivity index (χ1v) is 18.4. The van der Waals surface area contributed by atoms with Crippen LogP contribution in [0.2, 0.25) is 0 Å². The summed E-state index contributed by atoms with van der Waals surface area (Å²) < 4.78 is 11.1. The molecule has 0 amide bonds. The van der Waals surface area contributed by atoms with Crippen LogP contribution in [0.4, 0.5) is 0 Å². The van der Waals surface area contributed by atoms with E-state index in [2.05, 4.69) is 169 Å². The molecule has 0 saturated heterocycles. The normalized spacial score (nSPS) is 12.2. The highest BCUT2D eigenvalue weighted by Crippen LogP contribution is 2.39. The van der Waals surface area contributed by atoms with E-state index in [-0.39, 0.29) is 17.3 Å². The molecule has 0 aliphatic heterocycles. The van der Waals surface area contributed by atoms with Crippen LogP contribution in [0.5, 0.6) is 11.5 Å². The van der Waals surface area contributed by atoms with Gasteiger partial charge in [-0.15, -0.1) is 0 Å². The molecule has 0 unspecified atom stereocenters. The molecule has 0 spiro atoms. The van der Waals surface area contributed by atoms with E-state index < -0.39 is 0 Å². The van der Waals surface area contributed by atoms with Crippen molar-refractivity contribution in [1.29, 1.82) is 0 Å². The van der Waals surface area contributed by atoms with Gasteiger partial charge in [-0.05, 0) is 94.8 Å². The van der Waals surface area contributed by atoms with Crippen molar-refractivity contribution in [3.8, 4) is 34.1 Å². The molecule has 0 radical (unpaired) electrons. The smallest absolute Gasteiger partial charge is 0.137 e. The lowest BCUT2D eigenvalue weighted by molar-refractivity contribution is 0.482. The van der Waals surface area contributed by atoms with E-state index >= 15 is 0 Å². The van der Waals surface area contributed by atoms with Crippen LogP contribution >= 0.6 is 0 Å². The minimum absolute atomic E-state index is 0.00196. The molecule has 0 saturated carbocycles. The highest BCUT2D eigenvalue weighted by molar-refractivity contribution is 6.09. The number of aromatic nitrogens is 4. The fraction of sp³-hybridized carbons (Fsp3) is 0.304. The quantitative estimate of drug-likeness (QED) is 0.153. The highest BCUT2D eigenvalue weighted by Gasteiger charge is 2.25. The summed E-state index contributed by atoms with van der Waals surface area (Å²) in [5.74, 6) is 3.57. The van der Waals surface area contributed by atoms with E-state index in [1.807, 2.05) is 12.3 Å². The Morgan fingerprint density at radius 1 is 0.686 bits per heavy atom. The lowest BCUT2D eigenvalue weighted by Crippen LogP contribution is -2.12. The second kappa shape index (κ2) is 13.5. The molecule has 5 nitrogen and oxygen atoms in total. The minimum atomic E-state index is 0.00196. The lowest BCUT2D eigenvalue weighted by Gasteiger charge is -2.20. The molecule has 0 aliphatic carbocycles. The Hall–Kier alpha value is -5.16. The van der Waals surface area contributed by atoms with Crippen LogP contribution in [0.25, 0.3) is 44.4 Å². The van der Waals surface area contributed by atoms with Crippen molar-refractivity contribution in [2.75, 3.05) is 0 Å². The van der Waals surface area contributed by atoms with Crippen molar-refractivity contribution in [3.05, 3.63) is 132 Å². The highest BCUT2D eigenvalue weighted by atomic mass is 16.5. The molecule has 0 N–H and O–H groups in total. The summed E-state index contributed by atoms with van der Waals surface area (Å²) in [5.41, 5.74) is 10.5. The van der Waals surface area contributed by atoms with Crippen molar-refractivity contribution in [1.82, 2.24) is 19.3 Å². The average molecular weight is 675 g/mol. The van der Waals surface area contributed by atoms with Crippen LogP contribution in [0.15, 0.2) is 109 Å². The van der Waals surface area contributed by atoms with Gasteiger partial charge >= 0.3 is 0 Å². The molecule has 0 atom stereocenters. The molecule has 5 heteroatoms. The van der Waals surface area contributed by atoms with E-state index in [1.165, 1.54) is 38.7 Å². The Labute approximate surface area is 302 Å². The maximum Gasteiger partial charge on any atom is 0.137 e. The number of ether oxygens (including phenoxy) is 1. The van der Waals surface area contributed by atoms with Crippen LogP contribution in [0.1, 0.15) is 96.7 Å². The lowest BCUT2D eigenvalue weighted by atomic mass is 9.88. The minimum Gasteiger partial charge on any atom is -0.457 e. The van der Waals surface area contributed by atoms with Crippen LogP contribution in [0.3, 0.4) is 0 Å². The molecule has 7 rings (SSSR count). The van der Waals surface area contributed by atoms with Gasteiger partial charge < -0.3 is 4.74 Å². The van der Waals surface area contributed by atoms with E-state index in [0.717, 1.165) is 46.2 Å². The zero-order valence-corrected chi connectivity index (χ0v) is 31.5. The Kier molecular flexibility index (Phi) is 9.09. The second-order valence-electron chi connectivity index (χ2n) is 15.9. The maximum absolute atomic E-state index is 6.68. The molecule has 51 heavy (non-hydrogen) atoms. The summed E-state index contributed by atoms with van der Waals surface area (Å²) in [7, 11) is 0. The van der Waals surface area contributed by atoms with Gasteiger partial charge in [0.05, 0.1) is 28.1 Å². The molecule has 3 heterocycles. The Morgan fingerprint density at radius 2 is 1.45 bits per heavy atom. The van der Waals surface area contributed by atoms with E-state index in [9.17, 15) is 0 Å². The van der Waals surface area contributed by atoms with Crippen molar-refractivity contribution >= 4 is 21.8 Å². The van der Waals surface area contributed by atoms with Gasteiger partial charge in [0.1, 0.15) is 17.3 Å². The van der Waals surface area contributed by atoms with Gasteiger partial charge in [0.25, 0.3) is 0 Å². The zero-order valence-electron chi connectivity index (χ0n) is 31.5. The number of hydrogen-bond acceptors (Lipinski definition) is 3. The van der Waals surface area contributed by atoms with Crippen molar-refractivity contribution in [3.63, 3.8) is 0 Å². The molecule has 0 fully saturated rings. The van der Waals surface area contributed by atoms with Crippen molar-refractivity contribution < 1.29 is 4.74 Å².